The minimum Gasteiger partial charge on any atom is -0.386 e. The van der Waals surface area contributed by atoms with Crippen molar-refractivity contribution in [3.8, 4) is 0 Å². The van der Waals surface area contributed by atoms with Crippen LogP contribution >= 0.6 is 15.9 Å². The molecular formula is C12H15BrN4O. The predicted octanol–water partition coefficient (Wildman–Crippen LogP) is 2.29. The molecule has 0 amide bonds. The lowest BCUT2D eigenvalue weighted by Crippen LogP contribution is -2.12. The van der Waals surface area contributed by atoms with Crippen LogP contribution in [0.4, 0.5) is 0 Å². The van der Waals surface area contributed by atoms with E-state index in [9.17, 15) is 5.11 Å². The van der Waals surface area contributed by atoms with Gasteiger partial charge in [0.2, 0.25) is 0 Å². The largest absolute Gasteiger partial charge is 0.386 e. The third-order valence-electron chi connectivity index (χ3n) is 2.60. The summed E-state index contributed by atoms with van der Waals surface area (Å²) in [5.74, 6) is 0.766. The van der Waals surface area contributed by atoms with E-state index in [0.717, 1.165) is 10.3 Å². The molecule has 2 heterocycles. The van der Waals surface area contributed by atoms with Gasteiger partial charge in [-0.25, -0.2) is 9.67 Å². The number of nitrogens with zero attached hydrogens (tertiary/aromatic N) is 4. The van der Waals surface area contributed by atoms with Gasteiger partial charge in [-0.1, -0.05) is 0 Å². The van der Waals surface area contributed by atoms with Crippen molar-refractivity contribution in [1.29, 1.82) is 0 Å². The highest BCUT2D eigenvalue weighted by Gasteiger charge is 2.15. The van der Waals surface area contributed by atoms with Crippen LogP contribution in [0.3, 0.4) is 0 Å². The molecule has 0 saturated heterocycles. The molecule has 1 N–H and O–H groups in total. The molecule has 0 fully saturated rings. The van der Waals surface area contributed by atoms with Gasteiger partial charge in [-0.3, -0.25) is 4.98 Å². The minimum atomic E-state index is -0.667. The molecule has 1 atom stereocenters. The Kier molecular flexibility index (Phi) is 4.08. The minimum absolute atomic E-state index is 0.229. The molecular weight excluding hydrogens is 296 g/mol. The van der Waals surface area contributed by atoms with Crippen LogP contribution in [0.25, 0.3) is 0 Å². The third kappa shape index (κ3) is 2.94. The Morgan fingerprint density at radius 2 is 2.11 bits per heavy atom. The van der Waals surface area contributed by atoms with E-state index >= 15 is 0 Å². The van der Waals surface area contributed by atoms with E-state index in [-0.39, 0.29) is 6.04 Å². The fraction of sp³-hybridized carbons (Fsp3) is 0.417. The molecule has 96 valence electrons. The average Bonchev–Trinajstić information content (AvgIpc) is 2.78. The van der Waals surface area contributed by atoms with Crippen LogP contribution in [-0.4, -0.2) is 24.9 Å². The highest BCUT2D eigenvalue weighted by atomic mass is 79.9. The van der Waals surface area contributed by atoms with Crippen molar-refractivity contribution >= 4 is 15.9 Å². The van der Waals surface area contributed by atoms with Gasteiger partial charge in [0.1, 0.15) is 18.3 Å². The summed E-state index contributed by atoms with van der Waals surface area (Å²) >= 11 is 3.32. The van der Waals surface area contributed by atoms with Gasteiger partial charge in [0, 0.05) is 23.1 Å². The average molecular weight is 311 g/mol. The summed E-state index contributed by atoms with van der Waals surface area (Å²) in [6.07, 6.45) is 2.93. The Morgan fingerprint density at radius 1 is 1.33 bits per heavy atom. The number of hydrogen-bond acceptors (Lipinski definition) is 4. The van der Waals surface area contributed by atoms with Crippen LogP contribution in [0.1, 0.15) is 37.5 Å². The molecule has 2 rings (SSSR count). The lowest BCUT2D eigenvalue weighted by molar-refractivity contribution is 0.168. The molecule has 0 radical (unpaired) electrons. The molecule has 0 saturated carbocycles. The second kappa shape index (κ2) is 5.58. The molecule has 2 aromatic heterocycles. The van der Waals surface area contributed by atoms with Crippen LogP contribution in [-0.2, 0) is 6.42 Å². The van der Waals surface area contributed by atoms with Crippen molar-refractivity contribution in [2.75, 3.05) is 0 Å². The fourth-order valence-electron chi connectivity index (χ4n) is 1.71. The first kappa shape index (κ1) is 13.2. The van der Waals surface area contributed by atoms with Crippen LogP contribution in [0.5, 0.6) is 0 Å². The maximum Gasteiger partial charge on any atom is 0.138 e. The van der Waals surface area contributed by atoms with E-state index in [2.05, 4.69) is 31.0 Å². The normalized spacial score (nSPS) is 12.9. The summed E-state index contributed by atoms with van der Waals surface area (Å²) in [5, 5.41) is 14.3. The van der Waals surface area contributed by atoms with Gasteiger partial charge in [0.15, 0.2) is 0 Å². The van der Waals surface area contributed by atoms with Crippen molar-refractivity contribution in [2.24, 2.45) is 0 Å². The van der Waals surface area contributed by atoms with Crippen LogP contribution in [0.15, 0.2) is 29.1 Å². The second-order valence-electron chi connectivity index (χ2n) is 4.34. The monoisotopic (exact) mass is 310 g/mol. The molecule has 0 bridgehead atoms. The summed E-state index contributed by atoms with van der Waals surface area (Å²) in [6, 6.07) is 3.89. The third-order valence-corrected chi connectivity index (χ3v) is 3.07. The van der Waals surface area contributed by atoms with Gasteiger partial charge < -0.3 is 5.11 Å². The van der Waals surface area contributed by atoms with Gasteiger partial charge in [-0.05, 0) is 41.9 Å². The van der Waals surface area contributed by atoms with Crippen LogP contribution in [0, 0.1) is 0 Å². The predicted molar refractivity (Wildman–Crippen MR) is 71.0 cm³/mol. The molecule has 0 aromatic carbocycles. The topological polar surface area (TPSA) is 63.8 Å². The van der Waals surface area contributed by atoms with Crippen molar-refractivity contribution in [1.82, 2.24) is 19.7 Å². The maximum absolute atomic E-state index is 10.1. The van der Waals surface area contributed by atoms with Gasteiger partial charge in [-0.2, -0.15) is 5.10 Å². The lowest BCUT2D eigenvalue weighted by Gasteiger charge is -2.12. The van der Waals surface area contributed by atoms with Crippen molar-refractivity contribution in [2.45, 2.75) is 32.4 Å². The number of hydrogen-bond donors (Lipinski definition) is 1. The van der Waals surface area contributed by atoms with Gasteiger partial charge >= 0.3 is 0 Å². The quantitative estimate of drug-likeness (QED) is 0.941. The van der Waals surface area contributed by atoms with Gasteiger partial charge in [0.25, 0.3) is 0 Å². The Bertz CT molecular complexity index is 509. The zero-order chi connectivity index (χ0) is 13.1. The first-order valence-electron chi connectivity index (χ1n) is 5.76. The molecule has 0 aliphatic rings. The molecule has 0 aliphatic carbocycles. The smallest absolute Gasteiger partial charge is 0.138 e. The summed E-state index contributed by atoms with van der Waals surface area (Å²) in [7, 11) is 0. The van der Waals surface area contributed by atoms with Crippen LogP contribution < -0.4 is 0 Å². The van der Waals surface area contributed by atoms with Gasteiger partial charge in [0.05, 0.1) is 5.69 Å². The van der Waals surface area contributed by atoms with Crippen LogP contribution in [0.2, 0.25) is 0 Å². The fourth-order valence-corrected chi connectivity index (χ4v) is 1.95. The number of pyridine rings is 1. The maximum atomic E-state index is 10.1. The molecule has 6 heteroatoms. The van der Waals surface area contributed by atoms with Crippen molar-refractivity contribution in [3.63, 3.8) is 0 Å². The summed E-state index contributed by atoms with van der Waals surface area (Å²) in [6.45, 7) is 4.06. The SMILES string of the molecule is CC(C)n1ncnc1CC(O)c1ccc(Br)cn1. The molecule has 1 unspecified atom stereocenters. The summed E-state index contributed by atoms with van der Waals surface area (Å²) < 4.78 is 2.70. The number of rotatable bonds is 4. The zero-order valence-electron chi connectivity index (χ0n) is 10.3. The highest BCUT2D eigenvalue weighted by Crippen LogP contribution is 2.18. The van der Waals surface area contributed by atoms with E-state index in [0.29, 0.717) is 12.1 Å². The van der Waals surface area contributed by atoms with Crippen molar-refractivity contribution in [3.05, 3.63) is 40.6 Å². The zero-order valence-corrected chi connectivity index (χ0v) is 11.9. The first-order chi connectivity index (χ1) is 8.58. The highest BCUT2D eigenvalue weighted by molar-refractivity contribution is 9.10. The summed E-state index contributed by atoms with van der Waals surface area (Å²) in [5.41, 5.74) is 0.636. The number of aromatic nitrogens is 4. The van der Waals surface area contributed by atoms with E-state index in [1.807, 2.05) is 24.6 Å². The Labute approximate surface area is 114 Å². The van der Waals surface area contributed by atoms with E-state index in [1.165, 1.54) is 6.33 Å². The van der Waals surface area contributed by atoms with E-state index in [1.54, 1.807) is 12.3 Å². The number of aliphatic hydroxyl groups excluding tert-OH is 1. The molecule has 5 nitrogen and oxygen atoms in total. The Hall–Kier alpha value is -1.27. The molecule has 2 aromatic rings. The number of halogens is 1. The molecule has 0 aliphatic heterocycles. The van der Waals surface area contributed by atoms with E-state index in [4.69, 9.17) is 0 Å². The van der Waals surface area contributed by atoms with Gasteiger partial charge in [-0.15, -0.1) is 0 Å². The van der Waals surface area contributed by atoms with E-state index < -0.39 is 6.10 Å². The Balaban J connectivity index is 2.13. The molecule has 18 heavy (non-hydrogen) atoms. The Morgan fingerprint density at radius 3 is 2.72 bits per heavy atom. The molecule has 0 spiro atoms. The number of aliphatic hydroxyl groups is 1. The lowest BCUT2D eigenvalue weighted by atomic mass is 10.1. The standard InChI is InChI=1S/C12H15BrN4O/c1-8(2)17-12(15-7-16-17)5-11(18)10-4-3-9(13)6-14-10/h3-4,6-8,11,18H,5H2,1-2H3. The first-order valence-corrected chi connectivity index (χ1v) is 6.55. The second-order valence-corrected chi connectivity index (χ2v) is 5.25. The van der Waals surface area contributed by atoms with Crippen molar-refractivity contribution < 1.29 is 5.11 Å². The summed E-state index contributed by atoms with van der Waals surface area (Å²) in [4.78, 5) is 8.35.